The number of methoxy groups -OCH3 is 2. The van der Waals surface area contributed by atoms with Crippen molar-refractivity contribution in [2.24, 2.45) is 0 Å². The van der Waals surface area contributed by atoms with Gasteiger partial charge in [0, 0.05) is 48.4 Å². The van der Waals surface area contributed by atoms with Crippen LogP contribution in [0.1, 0.15) is 24.1 Å². The molecule has 0 bridgehead atoms. The Hall–Kier alpha value is -5.20. The van der Waals surface area contributed by atoms with Crippen molar-refractivity contribution in [2.45, 2.75) is 19.5 Å². The highest BCUT2D eigenvalue weighted by Crippen LogP contribution is 2.43. The van der Waals surface area contributed by atoms with Crippen molar-refractivity contribution >= 4 is 52.5 Å². The van der Waals surface area contributed by atoms with Crippen LogP contribution in [-0.2, 0) is 11.3 Å². The number of hydrogen-bond acceptors (Lipinski definition) is 9. The van der Waals surface area contributed by atoms with Gasteiger partial charge in [-0.1, -0.05) is 35.9 Å². The summed E-state index contributed by atoms with van der Waals surface area (Å²) in [6.07, 6.45) is 6.62. The van der Waals surface area contributed by atoms with E-state index in [9.17, 15) is 9.59 Å². The van der Waals surface area contributed by atoms with Crippen LogP contribution in [-0.4, -0.2) is 66.6 Å². The first kappa shape index (κ1) is 32.2. The number of urea groups is 1. The van der Waals surface area contributed by atoms with Crippen molar-refractivity contribution in [3.63, 3.8) is 0 Å². The number of carbonyl (C=O) groups excluding carboxylic acids is 2. The van der Waals surface area contributed by atoms with E-state index in [1.165, 1.54) is 20.3 Å². The molecule has 0 saturated heterocycles. The van der Waals surface area contributed by atoms with Crippen molar-refractivity contribution in [2.75, 3.05) is 55.3 Å². The first-order chi connectivity index (χ1) is 22.2. The fourth-order valence-electron chi connectivity index (χ4n) is 4.93. The van der Waals surface area contributed by atoms with Gasteiger partial charge in [-0.2, -0.15) is 4.98 Å². The standard InChI is InChI=1S/C33H35ClN8O4/c1-21(22-10-8-11-24(16-22)37-29(43)13-9-15-40(2)3)42-31-23(19-36-32(39-31)38-28-12-6-7-14-35-28)20-41(33(42)44)26-17-25(45-4)18-27(46-5)30(26)34/h6-14,16-19,21H,15,20H2,1-5H3,(H,37,43)(H,35,36,38,39)/b13-9+. The molecule has 0 aliphatic carbocycles. The lowest BCUT2D eigenvalue weighted by molar-refractivity contribution is -0.111. The summed E-state index contributed by atoms with van der Waals surface area (Å²) in [7, 11) is 6.88. The summed E-state index contributed by atoms with van der Waals surface area (Å²) >= 11 is 6.76. The summed E-state index contributed by atoms with van der Waals surface area (Å²) in [5.74, 6) is 1.85. The lowest BCUT2D eigenvalue weighted by atomic mass is 10.0. The molecule has 0 saturated carbocycles. The zero-order valence-electron chi connectivity index (χ0n) is 26.2. The van der Waals surface area contributed by atoms with E-state index in [1.807, 2.05) is 56.3 Å². The second kappa shape index (κ2) is 14.3. The molecule has 2 aromatic heterocycles. The van der Waals surface area contributed by atoms with Crippen LogP contribution in [0.15, 0.2) is 79.1 Å². The van der Waals surface area contributed by atoms with Gasteiger partial charge >= 0.3 is 6.03 Å². The summed E-state index contributed by atoms with van der Waals surface area (Å²) in [5, 5.41) is 6.27. The quantitative estimate of drug-likeness (QED) is 0.188. The third-order valence-electron chi connectivity index (χ3n) is 7.24. The van der Waals surface area contributed by atoms with Crippen molar-refractivity contribution in [1.82, 2.24) is 19.9 Å². The number of hydrogen-bond donors (Lipinski definition) is 2. The molecule has 4 aromatic rings. The minimum atomic E-state index is -0.529. The molecular formula is C33H35ClN8O4. The number of nitrogens with zero attached hydrogens (tertiary/aromatic N) is 6. The number of benzene rings is 2. The van der Waals surface area contributed by atoms with Gasteiger partial charge in [-0.15, -0.1) is 0 Å². The van der Waals surface area contributed by atoms with Crippen LogP contribution in [0.25, 0.3) is 0 Å². The highest BCUT2D eigenvalue weighted by molar-refractivity contribution is 6.35. The van der Waals surface area contributed by atoms with Crippen LogP contribution in [0.5, 0.6) is 11.5 Å². The number of fused-ring (bicyclic) bond motifs is 1. The highest BCUT2D eigenvalue weighted by Gasteiger charge is 2.38. The number of halogens is 1. The predicted octanol–water partition coefficient (Wildman–Crippen LogP) is 6.05. The fourth-order valence-corrected chi connectivity index (χ4v) is 5.21. The van der Waals surface area contributed by atoms with Crippen LogP contribution >= 0.6 is 11.6 Å². The van der Waals surface area contributed by atoms with Crippen molar-refractivity contribution < 1.29 is 19.1 Å². The normalized spacial score (nSPS) is 13.5. The molecule has 238 valence electrons. The first-order valence-corrected chi connectivity index (χ1v) is 14.8. The van der Waals surface area contributed by atoms with Gasteiger partial charge in [0.25, 0.3) is 0 Å². The summed E-state index contributed by atoms with van der Waals surface area (Å²) in [6, 6.07) is 15.3. The molecule has 2 aromatic carbocycles. The Kier molecular flexibility index (Phi) is 9.99. The van der Waals surface area contributed by atoms with Crippen molar-refractivity contribution in [3.05, 3.63) is 95.3 Å². The maximum Gasteiger partial charge on any atom is 0.331 e. The van der Waals surface area contributed by atoms with Gasteiger partial charge < -0.3 is 25.0 Å². The van der Waals surface area contributed by atoms with Crippen LogP contribution in [0.3, 0.4) is 0 Å². The molecule has 5 rings (SSSR count). The second-order valence-electron chi connectivity index (χ2n) is 10.7. The lowest BCUT2D eigenvalue weighted by Crippen LogP contribution is -2.49. The summed E-state index contributed by atoms with van der Waals surface area (Å²) in [5.41, 5.74) is 2.45. The maximum atomic E-state index is 14.5. The molecule has 13 heteroatoms. The number of pyridine rings is 1. The van der Waals surface area contributed by atoms with Gasteiger partial charge in [0.05, 0.1) is 32.5 Å². The Labute approximate surface area is 272 Å². The smallest absolute Gasteiger partial charge is 0.331 e. The van der Waals surface area contributed by atoms with E-state index in [0.717, 1.165) is 5.56 Å². The lowest BCUT2D eigenvalue weighted by Gasteiger charge is -2.39. The highest BCUT2D eigenvalue weighted by atomic mass is 35.5. The molecule has 0 radical (unpaired) electrons. The van der Waals surface area contributed by atoms with E-state index < -0.39 is 6.04 Å². The van der Waals surface area contributed by atoms with Gasteiger partial charge in [0.1, 0.15) is 28.2 Å². The summed E-state index contributed by atoms with van der Waals surface area (Å²) < 4.78 is 11.0. The number of rotatable bonds is 11. The molecule has 3 amide bonds. The van der Waals surface area contributed by atoms with Crippen molar-refractivity contribution in [3.8, 4) is 11.5 Å². The Balaban J connectivity index is 1.54. The van der Waals surface area contributed by atoms with Crippen molar-refractivity contribution in [1.29, 1.82) is 0 Å². The molecule has 2 N–H and O–H groups in total. The predicted molar refractivity (Wildman–Crippen MR) is 179 cm³/mol. The number of carbonyl (C=O) groups is 2. The Morgan fingerprint density at radius 2 is 1.93 bits per heavy atom. The number of ether oxygens (including phenoxy) is 2. The largest absolute Gasteiger partial charge is 0.497 e. The molecule has 1 aliphatic rings. The van der Waals surface area contributed by atoms with Gasteiger partial charge in [-0.25, -0.2) is 14.8 Å². The topological polar surface area (TPSA) is 125 Å². The molecule has 0 spiro atoms. The van der Waals surface area contributed by atoms with Crippen LogP contribution in [0, 0.1) is 0 Å². The zero-order valence-corrected chi connectivity index (χ0v) is 26.9. The average molecular weight is 643 g/mol. The minimum absolute atomic E-state index is 0.146. The van der Waals surface area contributed by atoms with Gasteiger partial charge in [-0.05, 0) is 50.8 Å². The SMILES string of the molecule is COc1cc(OC)c(Cl)c(N2Cc3cnc(Nc4ccccn4)nc3N(C(C)c3cccc(NC(=O)/C=C/CN(C)C)c3)C2=O)c1. The Morgan fingerprint density at radius 1 is 1.11 bits per heavy atom. The number of nitrogens with one attached hydrogen (secondary N) is 2. The van der Waals surface area contributed by atoms with E-state index in [0.29, 0.717) is 46.6 Å². The Bertz CT molecular complexity index is 1750. The fraction of sp³-hybridized carbons (Fsp3) is 0.242. The molecule has 3 heterocycles. The van der Waals surface area contributed by atoms with Crippen LogP contribution < -0.4 is 29.9 Å². The molecule has 0 fully saturated rings. The first-order valence-electron chi connectivity index (χ1n) is 14.5. The minimum Gasteiger partial charge on any atom is -0.497 e. The average Bonchev–Trinajstić information content (AvgIpc) is 3.05. The molecule has 1 aliphatic heterocycles. The summed E-state index contributed by atoms with van der Waals surface area (Å²) in [6.45, 7) is 2.68. The number of likely N-dealkylation sites (N-methyl/N-ethyl adjacent to an activating group) is 1. The second-order valence-corrected chi connectivity index (χ2v) is 11.1. The third-order valence-corrected chi connectivity index (χ3v) is 7.62. The monoisotopic (exact) mass is 642 g/mol. The number of aromatic nitrogens is 3. The third kappa shape index (κ3) is 7.19. The molecule has 1 unspecified atom stereocenters. The van der Waals surface area contributed by atoms with E-state index in [2.05, 4.69) is 20.6 Å². The Morgan fingerprint density at radius 3 is 2.65 bits per heavy atom. The zero-order chi connectivity index (χ0) is 32.8. The van der Waals surface area contributed by atoms with Gasteiger partial charge in [-0.3, -0.25) is 14.6 Å². The van der Waals surface area contributed by atoms with E-state index >= 15 is 0 Å². The molecule has 1 atom stereocenters. The van der Waals surface area contributed by atoms with Gasteiger partial charge in [0.15, 0.2) is 0 Å². The number of amides is 3. The van der Waals surface area contributed by atoms with Gasteiger partial charge in [0.2, 0.25) is 11.9 Å². The van der Waals surface area contributed by atoms with E-state index in [-0.39, 0.29) is 29.5 Å². The van der Waals surface area contributed by atoms with Crippen LogP contribution in [0.4, 0.5) is 33.8 Å². The molecular weight excluding hydrogens is 608 g/mol. The summed E-state index contributed by atoms with van der Waals surface area (Å²) in [4.78, 5) is 45.7. The number of anilines is 5. The molecule has 12 nitrogen and oxygen atoms in total. The van der Waals surface area contributed by atoms with E-state index in [1.54, 1.807) is 52.5 Å². The van der Waals surface area contributed by atoms with Crippen LogP contribution in [0.2, 0.25) is 5.02 Å². The molecule has 46 heavy (non-hydrogen) atoms. The van der Waals surface area contributed by atoms with E-state index in [4.69, 9.17) is 26.1 Å². The maximum absolute atomic E-state index is 14.5.